The molecule has 3 heterocycles. The highest BCUT2D eigenvalue weighted by Gasteiger charge is 2.19. The summed E-state index contributed by atoms with van der Waals surface area (Å²) in [7, 11) is 0. The first-order chi connectivity index (χ1) is 9.58. The summed E-state index contributed by atoms with van der Waals surface area (Å²) in [5.41, 5.74) is -0.199. The number of rotatable bonds is 2. The molecule has 0 radical (unpaired) electrons. The van der Waals surface area contributed by atoms with Gasteiger partial charge < -0.3 is 4.90 Å². The Morgan fingerprint density at radius 3 is 2.55 bits per heavy atom. The first-order valence-corrected chi connectivity index (χ1v) is 7.80. The minimum Gasteiger partial charge on any atom is -0.348 e. The van der Waals surface area contributed by atoms with Gasteiger partial charge in [-0.1, -0.05) is 11.3 Å². The van der Waals surface area contributed by atoms with Crippen molar-refractivity contribution in [2.45, 2.75) is 39.2 Å². The Hall–Kier alpha value is -1.63. The maximum absolute atomic E-state index is 12.4. The van der Waals surface area contributed by atoms with Gasteiger partial charge in [-0.3, -0.25) is 14.3 Å². The van der Waals surface area contributed by atoms with E-state index in [1.54, 1.807) is 0 Å². The summed E-state index contributed by atoms with van der Waals surface area (Å²) in [5.74, 6) is 0. The minimum absolute atomic E-state index is 0.156. The van der Waals surface area contributed by atoms with E-state index >= 15 is 0 Å². The zero-order chi connectivity index (χ0) is 14.3. The van der Waals surface area contributed by atoms with Crippen LogP contribution in [0, 0.1) is 0 Å². The summed E-state index contributed by atoms with van der Waals surface area (Å²) in [4.78, 5) is 33.7. The molecule has 1 saturated heterocycles. The molecule has 1 aliphatic rings. The number of aromatic nitrogens is 3. The van der Waals surface area contributed by atoms with Gasteiger partial charge >= 0.3 is 5.69 Å². The number of thiazole rings is 1. The standard InChI is InChI=1S/C13H18N4O2S/c1-8(2)17-11(18)9-10(14-12(17)19)15-13(20-9)16-6-4-3-5-7-16/h8H,3-7H2,1-2H3,(H,14,19). The molecule has 1 aliphatic heterocycles. The summed E-state index contributed by atoms with van der Waals surface area (Å²) >= 11 is 1.38. The molecule has 0 spiro atoms. The Morgan fingerprint density at radius 1 is 1.20 bits per heavy atom. The molecule has 0 aliphatic carbocycles. The molecule has 2 aromatic heterocycles. The Kier molecular flexibility index (Phi) is 3.37. The Morgan fingerprint density at radius 2 is 1.90 bits per heavy atom. The van der Waals surface area contributed by atoms with Crippen LogP contribution in [0.3, 0.4) is 0 Å². The van der Waals surface area contributed by atoms with Crippen LogP contribution in [0.1, 0.15) is 39.2 Å². The van der Waals surface area contributed by atoms with Gasteiger partial charge in [0.1, 0.15) is 4.70 Å². The Balaban J connectivity index is 2.14. The largest absolute Gasteiger partial charge is 0.348 e. The number of aromatic amines is 1. The van der Waals surface area contributed by atoms with Crippen LogP contribution in [0.4, 0.5) is 5.13 Å². The van der Waals surface area contributed by atoms with Gasteiger partial charge in [-0.25, -0.2) is 9.78 Å². The highest BCUT2D eigenvalue weighted by atomic mass is 32.1. The molecule has 108 valence electrons. The van der Waals surface area contributed by atoms with Crippen LogP contribution in [0.2, 0.25) is 0 Å². The molecule has 2 aromatic rings. The van der Waals surface area contributed by atoms with Gasteiger partial charge in [-0.2, -0.15) is 0 Å². The van der Waals surface area contributed by atoms with Crippen LogP contribution in [-0.4, -0.2) is 27.6 Å². The van der Waals surface area contributed by atoms with Crippen LogP contribution in [0.15, 0.2) is 9.59 Å². The average Bonchev–Trinajstić information content (AvgIpc) is 2.83. The normalized spacial score (nSPS) is 16.2. The number of H-pyrrole nitrogens is 1. The highest BCUT2D eigenvalue weighted by Crippen LogP contribution is 2.27. The molecule has 0 aromatic carbocycles. The number of nitrogens with one attached hydrogen (secondary N) is 1. The first-order valence-electron chi connectivity index (χ1n) is 6.98. The number of hydrogen-bond acceptors (Lipinski definition) is 5. The van der Waals surface area contributed by atoms with Crippen molar-refractivity contribution < 1.29 is 0 Å². The summed E-state index contributed by atoms with van der Waals surface area (Å²) in [5, 5.41) is 0.842. The van der Waals surface area contributed by atoms with E-state index in [-0.39, 0.29) is 17.3 Å². The fourth-order valence-corrected chi connectivity index (χ4v) is 3.60. The molecule has 0 atom stereocenters. The monoisotopic (exact) mass is 294 g/mol. The molecule has 7 heteroatoms. The zero-order valence-electron chi connectivity index (χ0n) is 11.7. The third-order valence-corrected chi connectivity index (χ3v) is 4.72. The second-order valence-electron chi connectivity index (χ2n) is 5.42. The van der Waals surface area contributed by atoms with E-state index < -0.39 is 0 Å². The van der Waals surface area contributed by atoms with E-state index in [0.29, 0.717) is 10.3 Å². The van der Waals surface area contributed by atoms with Crippen molar-refractivity contribution in [3.63, 3.8) is 0 Å². The molecule has 0 unspecified atom stereocenters. The van der Waals surface area contributed by atoms with Crippen molar-refractivity contribution in [1.82, 2.24) is 14.5 Å². The second-order valence-corrected chi connectivity index (χ2v) is 6.40. The van der Waals surface area contributed by atoms with Crippen LogP contribution >= 0.6 is 11.3 Å². The lowest BCUT2D eigenvalue weighted by atomic mass is 10.1. The molecular weight excluding hydrogens is 276 g/mol. The number of nitrogens with zero attached hydrogens (tertiary/aromatic N) is 3. The third-order valence-electron chi connectivity index (χ3n) is 3.62. The van der Waals surface area contributed by atoms with Crippen molar-refractivity contribution in [3.8, 4) is 0 Å². The van der Waals surface area contributed by atoms with Gasteiger partial charge in [-0.05, 0) is 33.1 Å². The van der Waals surface area contributed by atoms with Gasteiger partial charge in [-0.15, -0.1) is 0 Å². The average molecular weight is 294 g/mol. The van der Waals surface area contributed by atoms with Crippen molar-refractivity contribution >= 4 is 26.8 Å². The second kappa shape index (κ2) is 5.05. The van der Waals surface area contributed by atoms with E-state index in [4.69, 9.17) is 0 Å². The molecule has 20 heavy (non-hydrogen) atoms. The molecule has 3 rings (SSSR count). The van der Waals surface area contributed by atoms with E-state index in [0.717, 1.165) is 31.1 Å². The summed E-state index contributed by atoms with van der Waals surface area (Å²) < 4.78 is 1.79. The van der Waals surface area contributed by atoms with Crippen molar-refractivity contribution in [1.29, 1.82) is 0 Å². The molecule has 0 bridgehead atoms. The maximum atomic E-state index is 12.4. The Bertz CT molecular complexity index is 737. The van der Waals surface area contributed by atoms with Gasteiger partial charge in [0.25, 0.3) is 5.56 Å². The zero-order valence-corrected chi connectivity index (χ0v) is 12.5. The van der Waals surface area contributed by atoms with Crippen LogP contribution in [-0.2, 0) is 0 Å². The van der Waals surface area contributed by atoms with Crippen LogP contribution < -0.4 is 16.1 Å². The van der Waals surface area contributed by atoms with Crippen LogP contribution in [0.5, 0.6) is 0 Å². The SMILES string of the molecule is CC(C)n1c(=O)[nH]c2nc(N3CCCCC3)sc2c1=O. The van der Waals surface area contributed by atoms with Crippen molar-refractivity contribution in [3.05, 3.63) is 20.8 Å². The first kappa shape index (κ1) is 13.4. The lowest BCUT2D eigenvalue weighted by Gasteiger charge is -2.25. The van der Waals surface area contributed by atoms with E-state index in [1.165, 1.54) is 22.3 Å². The lowest BCUT2D eigenvalue weighted by Crippen LogP contribution is -2.35. The molecule has 1 N–H and O–H groups in total. The molecule has 1 fully saturated rings. The number of anilines is 1. The summed E-state index contributed by atoms with van der Waals surface area (Å²) in [6.07, 6.45) is 3.56. The lowest BCUT2D eigenvalue weighted by molar-refractivity contribution is 0.552. The predicted octanol–water partition coefficient (Wildman–Crippen LogP) is 1.72. The van der Waals surface area contributed by atoms with Gasteiger partial charge in [0.15, 0.2) is 10.8 Å². The van der Waals surface area contributed by atoms with Crippen molar-refractivity contribution in [2.75, 3.05) is 18.0 Å². The number of fused-ring (bicyclic) bond motifs is 1. The molecular formula is C13H18N4O2S. The van der Waals surface area contributed by atoms with Gasteiger partial charge in [0.05, 0.1) is 0 Å². The molecule has 0 saturated carbocycles. The van der Waals surface area contributed by atoms with E-state index in [9.17, 15) is 9.59 Å². The summed E-state index contributed by atoms with van der Waals surface area (Å²) in [6, 6.07) is -0.156. The smallest absolute Gasteiger partial charge is 0.330 e. The maximum Gasteiger partial charge on any atom is 0.330 e. The fourth-order valence-electron chi connectivity index (χ4n) is 2.59. The van der Waals surface area contributed by atoms with Crippen molar-refractivity contribution in [2.24, 2.45) is 0 Å². The fraction of sp³-hybridized carbons (Fsp3) is 0.615. The minimum atomic E-state index is -0.381. The molecule has 0 amide bonds. The quantitative estimate of drug-likeness (QED) is 0.915. The topological polar surface area (TPSA) is 71.0 Å². The molecule has 6 nitrogen and oxygen atoms in total. The van der Waals surface area contributed by atoms with Gasteiger partial charge in [0, 0.05) is 19.1 Å². The summed E-state index contributed by atoms with van der Waals surface area (Å²) in [6.45, 7) is 5.61. The predicted molar refractivity (Wildman–Crippen MR) is 80.9 cm³/mol. The van der Waals surface area contributed by atoms with Gasteiger partial charge in [0.2, 0.25) is 0 Å². The number of piperidine rings is 1. The third kappa shape index (κ3) is 2.15. The Labute approximate surface area is 120 Å². The highest BCUT2D eigenvalue weighted by molar-refractivity contribution is 7.22. The van der Waals surface area contributed by atoms with E-state index in [1.807, 2.05) is 13.8 Å². The van der Waals surface area contributed by atoms with E-state index in [2.05, 4.69) is 14.9 Å². The van der Waals surface area contributed by atoms with Crippen LogP contribution in [0.25, 0.3) is 10.3 Å². The number of hydrogen-bond donors (Lipinski definition) is 1.